The second kappa shape index (κ2) is 7.79. The van der Waals surface area contributed by atoms with Gasteiger partial charge in [0, 0.05) is 12.4 Å². The molecule has 3 nitrogen and oxygen atoms in total. The van der Waals surface area contributed by atoms with Crippen LogP contribution in [-0.4, -0.2) is 17.1 Å². The van der Waals surface area contributed by atoms with Crippen LogP contribution < -0.4 is 4.74 Å². The molecule has 1 heterocycles. The summed E-state index contributed by atoms with van der Waals surface area (Å²) in [5.41, 5.74) is 4.67. The first kappa shape index (κ1) is 16.3. The molecule has 0 amide bonds. The lowest BCUT2D eigenvalue weighted by Crippen LogP contribution is -1.90. The topological polar surface area (TPSA) is 35.0 Å². The van der Waals surface area contributed by atoms with Crippen molar-refractivity contribution in [3.8, 4) is 5.75 Å². The molecule has 4 heteroatoms. The maximum Gasteiger partial charge on any atom is 0.191 e. The number of nitrogens with zero attached hydrogens (tertiary/aromatic N) is 2. The molecular weight excluding hydrogens is 316 g/mol. The SMILES string of the molecule is COc1ccc(/C(=C\Sc2ncccn2)c2ccc(C)cc2)cc1. The molecule has 120 valence electrons. The molecular formula is C20H18N2OS. The molecule has 0 N–H and O–H groups in total. The molecule has 0 saturated heterocycles. The molecule has 0 aliphatic rings. The standard InChI is InChI=1S/C20H18N2OS/c1-15-4-6-16(7-5-15)19(14-24-20-21-12-3-13-22-20)17-8-10-18(23-2)11-9-17/h3-14H,1-2H3/b19-14-. The monoisotopic (exact) mass is 334 g/mol. The Morgan fingerprint density at radius 3 is 2.08 bits per heavy atom. The van der Waals surface area contributed by atoms with Gasteiger partial charge in [0.25, 0.3) is 0 Å². The van der Waals surface area contributed by atoms with E-state index in [-0.39, 0.29) is 0 Å². The zero-order chi connectivity index (χ0) is 16.8. The summed E-state index contributed by atoms with van der Waals surface area (Å²) in [5.74, 6) is 0.848. The smallest absolute Gasteiger partial charge is 0.191 e. The van der Waals surface area contributed by atoms with Crippen LogP contribution in [0.3, 0.4) is 0 Å². The third-order valence-electron chi connectivity index (χ3n) is 3.59. The van der Waals surface area contributed by atoms with Crippen LogP contribution >= 0.6 is 11.8 Å². The molecule has 0 radical (unpaired) electrons. The van der Waals surface area contributed by atoms with Crippen molar-refractivity contribution in [2.24, 2.45) is 0 Å². The lowest BCUT2D eigenvalue weighted by molar-refractivity contribution is 0.415. The predicted octanol–water partition coefficient (Wildman–Crippen LogP) is 4.98. The minimum absolute atomic E-state index is 0.732. The van der Waals surface area contributed by atoms with Gasteiger partial charge in [-0.25, -0.2) is 9.97 Å². The largest absolute Gasteiger partial charge is 0.497 e. The number of methoxy groups -OCH3 is 1. The van der Waals surface area contributed by atoms with Crippen LogP contribution in [0.2, 0.25) is 0 Å². The first-order chi connectivity index (χ1) is 11.8. The summed E-state index contributed by atoms with van der Waals surface area (Å²) in [4.78, 5) is 8.53. The third-order valence-corrected chi connectivity index (χ3v) is 4.36. The van der Waals surface area contributed by atoms with Crippen molar-refractivity contribution in [2.75, 3.05) is 7.11 Å². The number of benzene rings is 2. The Bertz CT molecular complexity index is 813. The normalized spacial score (nSPS) is 11.3. The highest BCUT2D eigenvalue weighted by Gasteiger charge is 2.07. The van der Waals surface area contributed by atoms with Crippen LogP contribution in [0.1, 0.15) is 16.7 Å². The number of aromatic nitrogens is 2. The highest BCUT2D eigenvalue weighted by molar-refractivity contribution is 8.02. The van der Waals surface area contributed by atoms with Crippen molar-refractivity contribution in [3.63, 3.8) is 0 Å². The fourth-order valence-corrected chi connectivity index (χ4v) is 3.00. The number of hydrogen-bond acceptors (Lipinski definition) is 4. The zero-order valence-electron chi connectivity index (χ0n) is 13.6. The molecule has 0 aliphatic carbocycles. The van der Waals surface area contributed by atoms with Crippen molar-refractivity contribution >= 4 is 17.3 Å². The molecule has 0 unspecified atom stereocenters. The molecule has 24 heavy (non-hydrogen) atoms. The van der Waals surface area contributed by atoms with Crippen LogP contribution in [0.15, 0.2) is 77.6 Å². The second-order valence-electron chi connectivity index (χ2n) is 5.28. The summed E-state index contributed by atoms with van der Waals surface area (Å²) in [5, 5.41) is 2.83. The quantitative estimate of drug-likeness (QED) is 0.487. The van der Waals surface area contributed by atoms with Gasteiger partial charge in [-0.05, 0) is 47.2 Å². The van der Waals surface area contributed by atoms with E-state index in [1.807, 2.05) is 18.2 Å². The van der Waals surface area contributed by atoms with Gasteiger partial charge >= 0.3 is 0 Å². The Balaban J connectivity index is 1.97. The van der Waals surface area contributed by atoms with E-state index in [2.05, 4.69) is 58.7 Å². The molecule has 0 fully saturated rings. The van der Waals surface area contributed by atoms with Gasteiger partial charge < -0.3 is 4.74 Å². The molecule has 1 aromatic heterocycles. The summed E-state index contributed by atoms with van der Waals surface area (Å²) < 4.78 is 5.25. The van der Waals surface area contributed by atoms with Crippen molar-refractivity contribution < 1.29 is 4.74 Å². The first-order valence-electron chi connectivity index (χ1n) is 7.61. The number of rotatable bonds is 5. The van der Waals surface area contributed by atoms with Gasteiger partial charge in [0.1, 0.15) is 5.75 Å². The fourth-order valence-electron chi connectivity index (χ4n) is 2.26. The Morgan fingerprint density at radius 2 is 1.50 bits per heavy atom. The van der Waals surface area contributed by atoms with Crippen molar-refractivity contribution in [3.05, 3.63) is 89.1 Å². The van der Waals surface area contributed by atoms with Gasteiger partial charge in [0.2, 0.25) is 0 Å². The zero-order valence-corrected chi connectivity index (χ0v) is 14.5. The van der Waals surface area contributed by atoms with E-state index in [9.17, 15) is 0 Å². The van der Waals surface area contributed by atoms with Gasteiger partial charge in [-0.15, -0.1) is 0 Å². The van der Waals surface area contributed by atoms with E-state index >= 15 is 0 Å². The minimum atomic E-state index is 0.732. The third kappa shape index (κ3) is 4.03. The van der Waals surface area contributed by atoms with Crippen LogP contribution in [0.5, 0.6) is 5.75 Å². The maximum atomic E-state index is 5.25. The Labute approximate surface area is 146 Å². The summed E-state index contributed by atoms with van der Waals surface area (Å²) in [7, 11) is 1.67. The molecule has 0 spiro atoms. The molecule has 0 aliphatic heterocycles. The number of aryl methyl sites for hydroxylation is 1. The summed E-state index contributed by atoms with van der Waals surface area (Å²) in [6.07, 6.45) is 3.50. The number of hydrogen-bond donors (Lipinski definition) is 0. The Kier molecular flexibility index (Phi) is 5.29. The van der Waals surface area contributed by atoms with Gasteiger partial charge in [0.05, 0.1) is 7.11 Å². The van der Waals surface area contributed by atoms with E-state index in [1.165, 1.54) is 17.3 Å². The lowest BCUT2D eigenvalue weighted by Gasteiger charge is -2.10. The van der Waals surface area contributed by atoms with Gasteiger partial charge in [-0.3, -0.25) is 0 Å². The van der Waals surface area contributed by atoms with Crippen LogP contribution in [0.4, 0.5) is 0 Å². The van der Waals surface area contributed by atoms with Gasteiger partial charge in [0.15, 0.2) is 5.16 Å². The highest BCUT2D eigenvalue weighted by Crippen LogP contribution is 2.29. The molecule has 3 aromatic rings. The molecule has 2 aromatic carbocycles. The lowest BCUT2D eigenvalue weighted by atomic mass is 9.99. The average molecular weight is 334 g/mol. The van der Waals surface area contributed by atoms with Crippen LogP contribution in [0.25, 0.3) is 5.57 Å². The maximum absolute atomic E-state index is 5.25. The molecule has 0 atom stereocenters. The Hall–Kier alpha value is -2.59. The summed E-state index contributed by atoms with van der Waals surface area (Å²) in [6, 6.07) is 18.4. The predicted molar refractivity (Wildman–Crippen MR) is 99.1 cm³/mol. The van der Waals surface area contributed by atoms with Crippen molar-refractivity contribution in [1.29, 1.82) is 0 Å². The average Bonchev–Trinajstić information content (AvgIpc) is 2.65. The number of ether oxygens (including phenoxy) is 1. The second-order valence-corrected chi connectivity index (χ2v) is 6.11. The number of thioether (sulfide) groups is 1. The highest BCUT2D eigenvalue weighted by atomic mass is 32.2. The van der Waals surface area contributed by atoms with E-state index in [0.717, 1.165) is 27.6 Å². The van der Waals surface area contributed by atoms with Crippen molar-refractivity contribution in [2.45, 2.75) is 12.1 Å². The molecule has 0 bridgehead atoms. The molecule has 0 saturated carbocycles. The minimum Gasteiger partial charge on any atom is -0.497 e. The van der Waals surface area contributed by atoms with Crippen LogP contribution in [0, 0.1) is 6.92 Å². The van der Waals surface area contributed by atoms with Gasteiger partial charge in [-0.2, -0.15) is 0 Å². The van der Waals surface area contributed by atoms with Crippen LogP contribution in [-0.2, 0) is 0 Å². The van der Waals surface area contributed by atoms with E-state index < -0.39 is 0 Å². The summed E-state index contributed by atoms with van der Waals surface area (Å²) in [6.45, 7) is 2.09. The van der Waals surface area contributed by atoms with E-state index in [4.69, 9.17) is 4.74 Å². The van der Waals surface area contributed by atoms with Crippen molar-refractivity contribution in [1.82, 2.24) is 9.97 Å². The Morgan fingerprint density at radius 1 is 0.917 bits per heavy atom. The summed E-state index contributed by atoms with van der Waals surface area (Å²) >= 11 is 1.52. The van der Waals surface area contributed by atoms with E-state index in [0.29, 0.717) is 0 Å². The molecule has 3 rings (SSSR count). The van der Waals surface area contributed by atoms with Gasteiger partial charge in [-0.1, -0.05) is 53.7 Å². The first-order valence-corrected chi connectivity index (χ1v) is 8.49. The van der Waals surface area contributed by atoms with E-state index in [1.54, 1.807) is 19.5 Å². The fraction of sp³-hybridized carbons (Fsp3) is 0.100.